The van der Waals surface area contributed by atoms with Crippen molar-refractivity contribution < 1.29 is 19.1 Å². The van der Waals surface area contributed by atoms with E-state index in [1.54, 1.807) is 4.90 Å². The fraction of sp³-hybridized carbons (Fsp3) is 0.345. The average Bonchev–Trinajstić information content (AvgIpc) is 3.16. The van der Waals surface area contributed by atoms with Crippen LogP contribution >= 0.6 is 0 Å². The van der Waals surface area contributed by atoms with Crippen molar-refractivity contribution in [1.29, 1.82) is 0 Å². The van der Waals surface area contributed by atoms with Crippen LogP contribution in [-0.2, 0) is 27.3 Å². The van der Waals surface area contributed by atoms with Crippen molar-refractivity contribution in [3.05, 3.63) is 76.9 Å². The van der Waals surface area contributed by atoms with Crippen LogP contribution in [0, 0.1) is 5.92 Å². The lowest BCUT2D eigenvalue weighted by Crippen LogP contribution is -2.46. The van der Waals surface area contributed by atoms with Gasteiger partial charge in [0.1, 0.15) is 0 Å². The first kappa shape index (κ1) is 22.9. The molecular formula is C29H29N3O4. The summed E-state index contributed by atoms with van der Waals surface area (Å²) in [5, 5.41) is 4.43. The predicted octanol–water partition coefficient (Wildman–Crippen LogP) is 3.28. The predicted molar refractivity (Wildman–Crippen MR) is 137 cm³/mol. The molecule has 3 aromatic rings. The molecule has 6 rings (SSSR count). The lowest BCUT2D eigenvalue weighted by Gasteiger charge is -2.26. The molecule has 7 nitrogen and oxygen atoms in total. The Labute approximate surface area is 210 Å². The van der Waals surface area contributed by atoms with E-state index in [-0.39, 0.29) is 30.2 Å². The third-order valence-electron chi connectivity index (χ3n) is 7.56. The van der Waals surface area contributed by atoms with Crippen LogP contribution in [0.2, 0.25) is 0 Å². The summed E-state index contributed by atoms with van der Waals surface area (Å²) in [5.41, 5.74) is 5.23. The summed E-state index contributed by atoms with van der Waals surface area (Å²) < 4.78 is 5.44. The number of hydrogen-bond donors (Lipinski definition) is 1. The van der Waals surface area contributed by atoms with Gasteiger partial charge in [-0.25, -0.2) is 0 Å². The molecular weight excluding hydrogens is 454 g/mol. The Morgan fingerprint density at radius 1 is 0.917 bits per heavy atom. The molecule has 2 saturated heterocycles. The zero-order valence-electron chi connectivity index (χ0n) is 20.2. The summed E-state index contributed by atoms with van der Waals surface area (Å²) in [5.74, 6) is -0.996. The van der Waals surface area contributed by atoms with Crippen LogP contribution in [0.25, 0.3) is 10.8 Å². The fourth-order valence-corrected chi connectivity index (χ4v) is 5.57. The van der Waals surface area contributed by atoms with E-state index in [2.05, 4.69) is 46.6 Å². The van der Waals surface area contributed by atoms with Gasteiger partial charge in [-0.1, -0.05) is 42.5 Å². The monoisotopic (exact) mass is 483 g/mol. The zero-order valence-corrected chi connectivity index (χ0v) is 20.2. The van der Waals surface area contributed by atoms with Crippen LogP contribution in [0.15, 0.2) is 54.6 Å². The molecule has 36 heavy (non-hydrogen) atoms. The maximum atomic E-state index is 13.3. The van der Waals surface area contributed by atoms with E-state index in [9.17, 15) is 14.4 Å². The van der Waals surface area contributed by atoms with Crippen LogP contribution in [0.1, 0.15) is 39.9 Å². The zero-order chi connectivity index (χ0) is 24.6. The first-order chi connectivity index (χ1) is 17.6. The largest absolute Gasteiger partial charge is 0.379 e. The molecule has 0 aromatic heterocycles. The molecule has 0 aliphatic carbocycles. The highest BCUT2D eigenvalue weighted by Crippen LogP contribution is 2.40. The van der Waals surface area contributed by atoms with Crippen LogP contribution in [0.4, 0.5) is 5.69 Å². The molecule has 1 N–H and O–H groups in total. The highest BCUT2D eigenvalue weighted by Gasteiger charge is 2.35. The number of anilines is 1. The van der Waals surface area contributed by atoms with Crippen molar-refractivity contribution in [3.63, 3.8) is 0 Å². The molecule has 3 aliphatic heterocycles. The number of amides is 3. The number of nitrogens with one attached hydrogen (secondary N) is 1. The van der Waals surface area contributed by atoms with Crippen LogP contribution in [-0.4, -0.2) is 55.5 Å². The third-order valence-corrected chi connectivity index (χ3v) is 7.56. The van der Waals surface area contributed by atoms with E-state index in [1.807, 2.05) is 18.2 Å². The number of nitrogens with zero attached hydrogens (tertiary/aromatic N) is 2. The number of piperidine rings is 1. The van der Waals surface area contributed by atoms with E-state index in [0.29, 0.717) is 18.4 Å². The lowest BCUT2D eigenvalue weighted by molar-refractivity contribution is -0.136. The second-order valence-corrected chi connectivity index (χ2v) is 9.92. The van der Waals surface area contributed by atoms with E-state index >= 15 is 0 Å². The molecule has 3 aromatic carbocycles. The number of ether oxygens (including phenoxy) is 1. The van der Waals surface area contributed by atoms with E-state index in [1.165, 1.54) is 16.7 Å². The van der Waals surface area contributed by atoms with Crippen molar-refractivity contribution in [2.45, 2.75) is 25.8 Å². The normalized spacial score (nSPS) is 20.3. The second kappa shape index (κ2) is 9.48. The Morgan fingerprint density at radius 2 is 1.69 bits per heavy atom. The van der Waals surface area contributed by atoms with Gasteiger partial charge in [0.25, 0.3) is 5.91 Å². The minimum Gasteiger partial charge on any atom is -0.379 e. The van der Waals surface area contributed by atoms with E-state index < -0.39 is 0 Å². The summed E-state index contributed by atoms with van der Waals surface area (Å²) in [7, 11) is 0. The summed E-state index contributed by atoms with van der Waals surface area (Å²) in [6.07, 6.45) is 1.55. The first-order valence-corrected chi connectivity index (χ1v) is 12.6. The molecule has 2 fully saturated rings. The van der Waals surface area contributed by atoms with Gasteiger partial charge < -0.3 is 9.64 Å². The molecule has 0 spiro atoms. The minimum absolute atomic E-state index is 0.0788. The Kier molecular flexibility index (Phi) is 6.03. The summed E-state index contributed by atoms with van der Waals surface area (Å²) in [4.78, 5) is 41.3. The number of hydrogen-bond acceptors (Lipinski definition) is 5. The van der Waals surface area contributed by atoms with E-state index in [4.69, 9.17) is 4.74 Å². The van der Waals surface area contributed by atoms with Crippen LogP contribution in [0.3, 0.4) is 0 Å². The van der Waals surface area contributed by atoms with Gasteiger partial charge in [-0.05, 0) is 47.1 Å². The standard InChI is InChI=1S/C29H29N3O4/c33-26-11-9-22(28(34)30-26)18-32-25-10-8-21(23-2-1-3-24(27(23)25)29(32)35)16-19-4-6-20(7-5-19)17-31-12-14-36-15-13-31/h1-8,10,22H,9,11-18H2,(H,30,33,34). The maximum Gasteiger partial charge on any atom is 0.259 e. The summed E-state index contributed by atoms with van der Waals surface area (Å²) in [6, 6.07) is 18.8. The van der Waals surface area contributed by atoms with Gasteiger partial charge in [0.2, 0.25) is 11.8 Å². The van der Waals surface area contributed by atoms with Gasteiger partial charge in [0.05, 0.1) is 24.8 Å². The summed E-state index contributed by atoms with van der Waals surface area (Å²) >= 11 is 0. The smallest absolute Gasteiger partial charge is 0.259 e. The molecule has 7 heteroatoms. The molecule has 3 aliphatic rings. The van der Waals surface area contributed by atoms with E-state index in [0.717, 1.165) is 55.7 Å². The molecule has 3 heterocycles. The molecule has 1 atom stereocenters. The van der Waals surface area contributed by atoms with Gasteiger partial charge in [-0.3, -0.25) is 24.6 Å². The average molecular weight is 484 g/mol. The number of rotatable bonds is 6. The molecule has 0 saturated carbocycles. The minimum atomic E-state index is -0.383. The fourth-order valence-electron chi connectivity index (χ4n) is 5.57. The Morgan fingerprint density at radius 3 is 2.47 bits per heavy atom. The van der Waals surface area contributed by atoms with Crippen molar-refractivity contribution in [1.82, 2.24) is 10.2 Å². The van der Waals surface area contributed by atoms with Gasteiger partial charge in [-0.15, -0.1) is 0 Å². The first-order valence-electron chi connectivity index (χ1n) is 12.6. The van der Waals surface area contributed by atoms with Crippen molar-refractivity contribution >= 4 is 34.2 Å². The molecule has 1 unspecified atom stereocenters. The molecule has 3 amide bonds. The van der Waals surface area contributed by atoms with Gasteiger partial charge in [0, 0.05) is 43.5 Å². The van der Waals surface area contributed by atoms with Crippen molar-refractivity contribution in [2.24, 2.45) is 5.92 Å². The topological polar surface area (TPSA) is 79.0 Å². The number of imide groups is 1. The quantitative estimate of drug-likeness (QED) is 0.545. The second-order valence-electron chi connectivity index (χ2n) is 9.92. The Balaban J connectivity index is 1.23. The number of morpholine rings is 1. The summed E-state index contributed by atoms with van der Waals surface area (Å²) in [6.45, 7) is 4.78. The third kappa shape index (κ3) is 4.29. The Bertz CT molecular complexity index is 1340. The van der Waals surface area contributed by atoms with Gasteiger partial charge in [-0.2, -0.15) is 0 Å². The lowest BCUT2D eigenvalue weighted by atomic mass is 9.95. The van der Waals surface area contributed by atoms with Crippen molar-refractivity contribution in [2.75, 3.05) is 37.7 Å². The molecule has 0 bridgehead atoms. The Hall–Kier alpha value is -3.55. The van der Waals surface area contributed by atoms with Gasteiger partial charge >= 0.3 is 0 Å². The number of carbonyl (C=O) groups is 3. The highest BCUT2D eigenvalue weighted by molar-refractivity contribution is 6.25. The van der Waals surface area contributed by atoms with Gasteiger partial charge in [0.15, 0.2) is 0 Å². The number of benzene rings is 3. The molecule has 0 radical (unpaired) electrons. The molecule has 184 valence electrons. The van der Waals surface area contributed by atoms with Crippen LogP contribution < -0.4 is 10.2 Å². The van der Waals surface area contributed by atoms with Crippen molar-refractivity contribution in [3.8, 4) is 0 Å². The van der Waals surface area contributed by atoms with Crippen LogP contribution in [0.5, 0.6) is 0 Å². The SMILES string of the molecule is O=C1CCC(CN2C(=O)c3cccc4c(Cc5ccc(CN6CCOCC6)cc5)ccc2c34)C(=O)N1. The maximum absolute atomic E-state index is 13.3. The highest BCUT2D eigenvalue weighted by atomic mass is 16.5. The number of carbonyl (C=O) groups excluding carboxylic acids is 3.